The van der Waals surface area contributed by atoms with Crippen molar-refractivity contribution in [2.45, 2.75) is 39.7 Å². The predicted molar refractivity (Wildman–Crippen MR) is 83.1 cm³/mol. The molecule has 0 fully saturated rings. The van der Waals surface area contributed by atoms with Crippen LogP contribution in [0, 0.1) is 6.92 Å². The number of aromatic nitrogens is 2. The first-order valence-electron chi connectivity index (χ1n) is 7.02. The molecule has 4 nitrogen and oxygen atoms in total. The van der Waals surface area contributed by atoms with Crippen LogP contribution in [-0.2, 0) is 12.0 Å². The Kier molecular flexibility index (Phi) is 4.36. The Labute approximate surface area is 125 Å². The van der Waals surface area contributed by atoms with Gasteiger partial charge in [0.25, 0.3) is 5.91 Å². The van der Waals surface area contributed by atoms with Crippen molar-refractivity contribution in [3.8, 4) is 0 Å². The van der Waals surface area contributed by atoms with Gasteiger partial charge in [-0.1, -0.05) is 39.0 Å². The molecule has 1 aromatic carbocycles. The second kappa shape index (κ2) is 6.04. The summed E-state index contributed by atoms with van der Waals surface area (Å²) in [6.07, 6.45) is 4.52. The van der Waals surface area contributed by atoms with Crippen LogP contribution >= 0.6 is 0 Å². The van der Waals surface area contributed by atoms with Crippen LogP contribution < -0.4 is 5.32 Å². The summed E-state index contributed by atoms with van der Waals surface area (Å²) >= 11 is 0. The Bertz CT molecular complexity index is 630. The highest BCUT2D eigenvalue weighted by Gasteiger charge is 2.14. The van der Waals surface area contributed by atoms with Gasteiger partial charge >= 0.3 is 0 Å². The molecular weight excluding hydrogens is 262 g/mol. The number of hydrogen-bond donors (Lipinski definition) is 1. The topological polar surface area (TPSA) is 54.9 Å². The maximum Gasteiger partial charge on any atom is 0.271 e. The molecule has 1 N–H and O–H groups in total. The molecule has 2 aromatic rings. The van der Waals surface area contributed by atoms with E-state index in [1.807, 2.05) is 0 Å². The molecule has 0 radical (unpaired) electrons. The quantitative estimate of drug-likeness (QED) is 0.942. The zero-order valence-electron chi connectivity index (χ0n) is 13.0. The van der Waals surface area contributed by atoms with E-state index in [0.29, 0.717) is 12.2 Å². The Morgan fingerprint density at radius 3 is 2.57 bits per heavy atom. The third-order valence-electron chi connectivity index (χ3n) is 3.44. The summed E-state index contributed by atoms with van der Waals surface area (Å²) in [7, 11) is 0. The van der Waals surface area contributed by atoms with Crippen molar-refractivity contribution in [1.82, 2.24) is 15.3 Å². The lowest BCUT2D eigenvalue weighted by Gasteiger charge is -2.20. The van der Waals surface area contributed by atoms with Crippen LogP contribution in [0.3, 0.4) is 0 Å². The first kappa shape index (κ1) is 15.2. The highest BCUT2D eigenvalue weighted by Crippen LogP contribution is 2.24. The minimum absolute atomic E-state index is 0.131. The average molecular weight is 283 g/mol. The van der Waals surface area contributed by atoms with E-state index in [-0.39, 0.29) is 11.3 Å². The van der Waals surface area contributed by atoms with Crippen molar-refractivity contribution in [2.75, 3.05) is 0 Å². The van der Waals surface area contributed by atoms with Gasteiger partial charge in [-0.05, 0) is 29.0 Å². The number of amides is 1. The van der Waals surface area contributed by atoms with Gasteiger partial charge in [-0.15, -0.1) is 0 Å². The Morgan fingerprint density at radius 1 is 1.24 bits per heavy atom. The van der Waals surface area contributed by atoms with Crippen LogP contribution in [0.4, 0.5) is 0 Å². The fraction of sp³-hybridized carbons (Fsp3) is 0.353. The third-order valence-corrected chi connectivity index (χ3v) is 3.44. The molecule has 21 heavy (non-hydrogen) atoms. The van der Waals surface area contributed by atoms with Crippen LogP contribution in [0.2, 0.25) is 0 Å². The van der Waals surface area contributed by atoms with Gasteiger partial charge in [0.1, 0.15) is 5.69 Å². The Hall–Kier alpha value is -2.23. The summed E-state index contributed by atoms with van der Waals surface area (Å²) < 4.78 is 0. The normalized spacial score (nSPS) is 11.2. The molecule has 1 aromatic heterocycles. The molecule has 0 saturated carbocycles. The zero-order chi connectivity index (χ0) is 15.5. The Balaban J connectivity index is 2.06. The molecule has 2 rings (SSSR count). The van der Waals surface area contributed by atoms with E-state index in [1.54, 1.807) is 6.20 Å². The van der Waals surface area contributed by atoms with Gasteiger partial charge in [0.05, 0.1) is 6.20 Å². The summed E-state index contributed by atoms with van der Waals surface area (Å²) in [5.74, 6) is -0.206. The lowest BCUT2D eigenvalue weighted by molar-refractivity contribution is 0.0945. The van der Waals surface area contributed by atoms with Crippen LogP contribution in [0.1, 0.15) is 48.0 Å². The summed E-state index contributed by atoms with van der Waals surface area (Å²) in [6.45, 7) is 9.14. The summed E-state index contributed by atoms with van der Waals surface area (Å²) in [4.78, 5) is 19.8. The minimum Gasteiger partial charge on any atom is -0.347 e. The molecule has 0 saturated heterocycles. The number of hydrogen-bond acceptors (Lipinski definition) is 3. The fourth-order valence-electron chi connectivity index (χ4n) is 2.04. The molecule has 0 atom stereocenters. The van der Waals surface area contributed by atoms with E-state index in [4.69, 9.17) is 0 Å². The predicted octanol–water partition coefficient (Wildman–Crippen LogP) is 3.01. The first-order valence-corrected chi connectivity index (χ1v) is 7.02. The molecule has 0 unspecified atom stereocenters. The van der Waals surface area contributed by atoms with Crippen molar-refractivity contribution >= 4 is 5.91 Å². The van der Waals surface area contributed by atoms with Crippen LogP contribution in [0.15, 0.2) is 36.8 Å². The smallest absolute Gasteiger partial charge is 0.271 e. The molecular formula is C17H21N3O. The van der Waals surface area contributed by atoms with E-state index < -0.39 is 0 Å². The molecule has 4 heteroatoms. The molecule has 110 valence electrons. The second-order valence-corrected chi connectivity index (χ2v) is 6.16. The highest BCUT2D eigenvalue weighted by molar-refractivity contribution is 5.91. The van der Waals surface area contributed by atoms with E-state index in [1.165, 1.54) is 23.5 Å². The lowest BCUT2D eigenvalue weighted by Crippen LogP contribution is -2.24. The number of benzene rings is 1. The van der Waals surface area contributed by atoms with E-state index in [0.717, 1.165) is 5.56 Å². The van der Waals surface area contributed by atoms with Crippen molar-refractivity contribution in [1.29, 1.82) is 0 Å². The molecule has 0 aliphatic rings. The average Bonchev–Trinajstić information content (AvgIpc) is 2.45. The van der Waals surface area contributed by atoms with Crippen molar-refractivity contribution in [2.24, 2.45) is 0 Å². The van der Waals surface area contributed by atoms with Gasteiger partial charge < -0.3 is 5.32 Å². The molecule has 1 heterocycles. The summed E-state index contributed by atoms with van der Waals surface area (Å²) in [5.41, 5.74) is 4.05. The maximum absolute atomic E-state index is 11.9. The molecule has 0 aliphatic heterocycles. The van der Waals surface area contributed by atoms with Crippen LogP contribution in [0.5, 0.6) is 0 Å². The van der Waals surface area contributed by atoms with Crippen molar-refractivity contribution < 1.29 is 4.79 Å². The van der Waals surface area contributed by atoms with Crippen LogP contribution in [0.25, 0.3) is 0 Å². The number of carbonyl (C=O) groups is 1. The number of nitrogens with one attached hydrogen (secondary N) is 1. The van der Waals surface area contributed by atoms with E-state index >= 15 is 0 Å². The van der Waals surface area contributed by atoms with Gasteiger partial charge in [0.2, 0.25) is 0 Å². The lowest BCUT2D eigenvalue weighted by atomic mass is 9.85. The van der Waals surface area contributed by atoms with E-state index in [9.17, 15) is 4.79 Å². The second-order valence-electron chi connectivity index (χ2n) is 6.16. The number of rotatable bonds is 3. The largest absolute Gasteiger partial charge is 0.347 e. The number of carbonyl (C=O) groups excluding carboxylic acids is 1. The van der Waals surface area contributed by atoms with Gasteiger partial charge in [0.15, 0.2) is 0 Å². The maximum atomic E-state index is 11.9. The molecule has 0 bridgehead atoms. The summed E-state index contributed by atoms with van der Waals surface area (Å²) in [5, 5.41) is 2.87. The van der Waals surface area contributed by atoms with Gasteiger partial charge in [0, 0.05) is 18.9 Å². The minimum atomic E-state index is -0.206. The molecule has 0 aliphatic carbocycles. The fourth-order valence-corrected chi connectivity index (χ4v) is 2.04. The third kappa shape index (κ3) is 3.88. The first-order chi connectivity index (χ1) is 9.88. The van der Waals surface area contributed by atoms with Crippen LogP contribution in [-0.4, -0.2) is 15.9 Å². The SMILES string of the molecule is Cc1cc(C(C)(C)C)ccc1CNC(=O)c1cnccn1. The van der Waals surface area contributed by atoms with E-state index in [2.05, 4.69) is 61.2 Å². The monoisotopic (exact) mass is 283 g/mol. The number of nitrogens with zero attached hydrogens (tertiary/aromatic N) is 2. The summed E-state index contributed by atoms with van der Waals surface area (Å²) in [6, 6.07) is 6.38. The molecule has 1 amide bonds. The Morgan fingerprint density at radius 2 is 2.00 bits per heavy atom. The zero-order valence-corrected chi connectivity index (χ0v) is 13.0. The van der Waals surface area contributed by atoms with Gasteiger partial charge in [-0.25, -0.2) is 4.98 Å². The van der Waals surface area contributed by atoms with Crippen molar-refractivity contribution in [3.05, 3.63) is 59.2 Å². The highest BCUT2D eigenvalue weighted by atomic mass is 16.1. The molecule has 0 spiro atoms. The number of aryl methyl sites for hydroxylation is 1. The van der Waals surface area contributed by atoms with Gasteiger partial charge in [-0.3, -0.25) is 9.78 Å². The van der Waals surface area contributed by atoms with Gasteiger partial charge in [-0.2, -0.15) is 0 Å². The standard InChI is InChI=1S/C17H21N3O/c1-12-9-14(17(2,3)4)6-5-13(12)10-20-16(21)15-11-18-7-8-19-15/h5-9,11H,10H2,1-4H3,(H,20,21). The van der Waals surface area contributed by atoms with Crippen molar-refractivity contribution in [3.63, 3.8) is 0 Å².